The molecule has 5 nitrogen and oxygen atoms in total. The van der Waals surface area contributed by atoms with Crippen LogP contribution < -0.4 is 0 Å². The van der Waals surface area contributed by atoms with E-state index in [9.17, 15) is 5.11 Å². The fourth-order valence-electron chi connectivity index (χ4n) is 3.24. The van der Waals surface area contributed by atoms with Crippen LogP contribution in [0.5, 0.6) is 5.75 Å². The summed E-state index contributed by atoms with van der Waals surface area (Å²) < 4.78 is 0. The van der Waals surface area contributed by atoms with Crippen molar-refractivity contribution in [2.75, 3.05) is 39.8 Å². The molecule has 5 heteroatoms. The van der Waals surface area contributed by atoms with Crippen LogP contribution in [0.25, 0.3) is 0 Å². The fourth-order valence-corrected chi connectivity index (χ4v) is 3.24. The van der Waals surface area contributed by atoms with Crippen LogP contribution in [0, 0.1) is 6.92 Å². The number of aliphatic imine (C=N–C) groups is 1. The molecule has 2 aromatic rings. The minimum atomic E-state index is 0.358. The number of benzene rings is 1. The lowest BCUT2D eigenvalue weighted by molar-refractivity contribution is 0.147. The van der Waals surface area contributed by atoms with Gasteiger partial charge in [0.2, 0.25) is 0 Å². The van der Waals surface area contributed by atoms with Crippen molar-refractivity contribution in [2.24, 2.45) is 4.99 Å². The predicted octanol–water partition coefficient (Wildman–Crippen LogP) is 2.50. The molecule has 1 saturated heterocycles. The molecule has 26 heavy (non-hydrogen) atoms. The van der Waals surface area contributed by atoms with E-state index in [1.54, 1.807) is 12.4 Å². The molecular weight excluding hydrogens is 324 g/mol. The van der Waals surface area contributed by atoms with E-state index >= 15 is 0 Å². The first-order valence-electron chi connectivity index (χ1n) is 9.25. The van der Waals surface area contributed by atoms with Crippen LogP contribution >= 0.6 is 0 Å². The van der Waals surface area contributed by atoms with Crippen molar-refractivity contribution in [3.05, 3.63) is 58.9 Å². The maximum Gasteiger partial charge on any atom is 0.128 e. The van der Waals surface area contributed by atoms with Gasteiger partial charge in [0, 0.05) is 74.9 Å². The third-order valence-corrected chi connectivity index (χ3v) is 4.81. The number of phenols is 1. The van der Waals surface area contributed by atoms with Crippen molar-refractivity contribution in [3.8, 4) is 5.75 Å². The van der Waals surface area contributed by atoms with Crippen molar-refractivity contribution in [2.45, 2.75) is 19.9 Å². The Morgan fingerprint density at radius 3 is 2.73 bits per heavy atom. The predicted molar refractivity (Wildman–Crippen MR) is 106 cm³/mol. The highest BCUT2D eigenvalue weighted by molar-refractivity contribution is 5.84. The smallest absolute Gasteiger partial charge is 0.128 e. The number of aromatic hydroxyl groups is 1. The summed E-state index contributed by atoms with van der Waals surface area (Å²) in [4.78, 5) is 13.5. The van der Waals surface area contributed by atoms with E-state index in [4.69, 9.17) is 0 Å². The molecule has 0 saturated carbocycles. The van der Waals surface area contributed by atoms with Gasteiger partial charge in [0.1, 0.15) is 5.75 Å². The van der Waals surface area contributed by atoms with E-state index in [2.05, 4.69) is 39.8 Å². The Hall–Kier alpha value is -2.24. The van der Waals surface area contributed by atoms with E-state index < -0.39 is 0 Å². The SMILES string of the molecule is Cc1cc(C=NCCc2ccccn2)c(O)c(CN2CCN(C)CC2)c1. The Bertz CT molecular complexity index is 737. The van der Waals surface area contributed by atoms with Gasteiger partial charge < -0.3 is 10.0 Å². The van der Waals surface area contributed by atoms with Crippen molar-refractivity contribution >= 4 is 6.21 Å². The first kappa shape index (κ1) is 18.5. The normalized spacial score (nSPS) is 16.4. The summed E-state index contributed by atoms with van der Waals surface area (Å²) in [6, 6.07) is 9.99. The van der Waals surface area contributed by atoms with Crippen LogP contribution in [0.4, 0.5) is 0 Å². The third-order valence-electron chi connectivity index (χ3n) is 4.81. The van der Waals surface area contributed by atoms with Crippen LogP contribution in [0.3, 0.4) is 0 Å². The number of hydrogen-bond donors (Lipinski definition) is 1. The summed E-state index contributed by atoms with van der Waals surface area (Å²) in [7, 11) is 2.15. The molecule has 2 heterocycles. The molecule has 1 N–H and O–H groups in total. The highest BCUT2D eigenvalue weighted by atomic mass is 16.3. The van der Waals surface area contributed by atoms with Crippen LogP contribution in [0.15, 0.2) is 41.5 Å². The van der Waals surface area contributed by atoms with Gasteiger partial charge >= 0.3 is 0 Å². The lowest BCUT2D eigenvalue weighted by Gasteiger charge is -2.32. The van der Waals surface area contributed by atoms with Crippen molar-refractivity contribution in [3.63, 3.8) is 0 Å². The summed E-state index contributed by atoms with van der Waals surface area (Å²) in [6.45, 7) is 7.75. The Morgan fingerprint density at radius 1 is 1.19 bits per heavy atom. The van der Waals surface area contributed by atoms with E-state index in [1.165, 1.54) is 0 Å². The molecule has 0 amide bonds. The first-order chi connectivity index (χ1) is 12.6. The Labute approximate surface area is 156 Å². The number of aryl methyl sites for hydroxylation is 1. The van der Waals surface area contributed by atoms with Gasteiger partial charge in [-0.15, -0.1) is 0 Å². The second-order valence-electron chi connectivity index (χ2n) is 7.05. The highest BCUT2D eigenvalue weighted by Crippen LogP contribution is 2.25. The zero-order valence-electron chi connectivity index (χ0n) is 15.7. The minimum Gasteiger partial charge on any atom is -0.507 e. The minimum absolute atomic E-state index is 0.358. The molecule has 0 bridgehead atoms. The topological polar surface area (TPSA) is 52.0 Å². The molecule has 1 aliphatic heterocycles. The molecule has 0 radical (unpaired) electrons. The molecule has 1 aliphatic rings. The van der Waals surface area contributed by atoms with E-state index in [-0.39, 0.29) is 0 Å². The Kier molecular flexibility index (Phi) is 6.36. The standard InChI is InChI=1S/C21H28N4O/c1-17-13-18(15-22-8-6-20-5-3-4-7-23-20)21(26)19(14-17)16-25-11-9-24(2)10-12-25/h3-5,7,13-15,26H,6,8-12,16H2,1-2H3. The van der Waals surface area contributed by atoms with Crippen LogP contribution in [0.2, 0.25) is 0 Å². The summed E-state index contributed by atoms with van der Waals surface area (Å²) in [6.07, 6.45) is 4.40. The van der Waals surface area contributed by atoms with Gasteiger partial charge in [-0.25, -0.2) is 0 Å². The van der Waals surface area contributed by atoms with Gasteiger partial charge in [-0.05, 0) is 37.7 Å². The maximum atomic E-state index is 10.7. The van der Waals surface area contributed by atoms with Gasteiger partial charge in [0.25, 0.3) is 0 Å². The molecule has 0 atom stereocenters. The number of phenolic OH excluding ortho intramolecular Hbond substituents is 1. The van der Waals surface area contributed by atoms with Gasteiger partial charge in [-0.2, -0.15) is 0 Å². The number of piperazine rings is 1. The summed E-state index contributed by atoms with van der Waals surface area (Å²) in [5, 5.41) is 10.7. The van der Waals surface area contributed by atoms with E-state index in [0.717, 1.165) is 61.5 Å². The first-order valence-corrected chi connectivity index (χ1v) is 9.25. The van der Waals surface area contributed by atoms with Crippen molar-refractivity contribution in [1.82, 2.24) is 14.8 Å². The highest BCUT2D eigenvalue weighted by Gasteiger charge is 2.16. The fraction of sp³-hybridized carbons (Fsp3) is 0.429. The quantitative estimate of drug-likeness (QED) is 0.812. The van der Waals surface area contributed by atoms with Gasteiger partial charge in [0.15, 0.2) is 0 Å². The molecule has 0 aliphatic carbocycles. The lowest BCUT2D eigenvalue weighted by atomic mass is 10.0. The average Bonchev–Trinajstić information content (AvgIpc) is 2.65. The van der Waals surface area contributed by atoms with Crippen LogP contribution in [0.1, 0.15) is 22.4 Å². The zero-order chi connectivity index (χ0) is 18.4. The molecule has 3 rings (SSSR count). The van der Waals surface area contributed by atoms with Crippen LogP contribution in [-0.4, -0.2) is 65.9 Å². The molecule has 0 unspecified atom stereocenters. The maximum absolute atomic E-state index is 10.7. The molecule has 1 fully saturated rings. The van der Waals surface area contributed by atoms with Gasteiger partial charge in [-0.3, -0.25) is 14.9 Å². The molecule has 1 aromatic carbocycles. The molecule has 0 spiro atoms. The van der Waals surface area contributed by atoms with Gasteiger partial charge in [0.05, 0.1) is 0 Å². The molecule has 1 aromatic heterocycles. The second kappa shape index (κ2) is 8.92. The lowest BCUT2D eigenvalue weighted by Crippen LogP contribution is -2.43. The average molecular weight is 352 g/mol. The number of likely N-dealkylation sites (N-methyl/N-ethyl adjacent to an activating group) is 1. The number of pyridine rings is 1. The largest absolute Gasteiger partial charge is 0.507 e. The third kappa shape index (κ3) is 5.13. The molecule has 138 valence electrons. The summed E-state index contributed by atoms with van der Waals surface area (Å²) in [5.41, 5.74) is 3.97. The number of nitrogens with zero attached hydrogens (tertiary/aromatic N) is 4. The Morgan fingerprint density at radius 2 is 2.00 bits per heavy atom. The van der Waals surface area contributed by atoms with Crippen LogP contribution in [-0.2, 0) is 13.0 Å². The van der Waals surface area contributed by atoms with E-state index in [0.29, 0.717) is 12.3 Å². The summed E-state index contributed by atoms with van der Waals surface area (Å²) in [5.74, 6) is 0.358. The monoisotopic (exact) mass is 352 g/mol. The zero-order valence-corrected chi connectivity index (χ0v) is 15.7. The van der Waals surface area contributed by atoms with Crippen molar-refractivity contribution < 1.29 is 5.11 Å². The second-order valence-corrected chi connectivity index (χ2v) is 7.05. The number of rotatable bonds is 6. The van der Waals surface area contributed by atoms with Crippen molar-refractivity contribution in [1.29, 1.82) is 0 Å². The Balaban J connectivity index is 1.63. The number of aromatic nitrogens is 1. The summed E-state index contributed by atoms with van der Waals surface area (Å²) >= 11 is 0. The number of hydrogen-bond acceptors (Lipinski definition) is 5. The molecular formula is C21H28N4O. The van der Waals surface area contributed by atoms with E-state index in [1.807, 2.05) is 24.3 Å². The van der Waals surface area contributed by atoms with Gasteiger partial charge in [-0.1, -0.05) is 12.1 Å².